The number of benzene rings is 1. The quantitative estimate of drug-likeness (QED) is 0.474. The summed E-state index contributed by atoms with van der Waals surface area (Å²) in [6, 6.07) is 5.80. The van der Waals surface area contributed by atoms with E-state index in [0.717, 1.165) is 35.4 Å². The largest absolute Gasteiger partial charge is 0.496 e. The van der Waals surface area contributed by atoms with Gasteiger partial charge in [-0.2, -0.15) is 0 Å². The van der Waals surface area contributed by atoms with Crippen LogP contribution in [0.15, 0.2) is 30.6 Å². The summed E-state index contributed by atoms with van der Waals surface area (Å²) in [5, 5.41) is 20.4. The fourth-order valence-electron chi connectivity index (χ4n) is 4.92. The van der Waals surface area contributed by atoms with Crippen molar-refractivity contribution >= 4 is 5.97 Å². The van der Waals surface area contributed by atoms with Gasteiger partial charge >= 0.3 is 5.97 Å². The third kappa shape index (κ3) is 6.28. The van der Waals surface area contributed by atoms with Gasteiger partial charge in [-0.3, -0.25) is 4.79 Å². The fourth-order valence-corrected chi connectivity index (χ4v) is 4.92. The van der Waals surface area contributed by atoms with Gasteiger partial charge in [-0.15, -0.1) is 0 Å². The van der Waals surface area contributed by atoms with Crippen LogP contribution in [0.1, 0.15) is 67.7 Å². The van der Waals surface area contributed by atoms with Gasteiger partial charge in [0.15, 0.2) is 0 Å². The number of methoxy groups -OCH3 is 2. The molecule has 2 unspecified atom stereocenters. The van der Waals surface area contributed by atoms with Crippen LogP contribution >= 0.6 is 0 Å². The summed E-state index contributed by atoms with van der Waals surface area (Å²) in [6.07, 6.45) is 11.3. The Morgan fingerprint density at radius 2 is 1.84 bits per heavy atom. The van der Waals surface area contributed by atoms with Gasteiger partial charge in [-0.25, -0.2) is 0 Å². The molecular formula is C26H37NO5. The number of carboxylic acids is 1. The number of carbonyl (C=O) groups is 1. The molecule has 176 valence electrons. The lowest BCUT2D eigenvalue weighted by Crippen LogP contribution is -2.20. The minimum absolute atomic E-state index is 0.0347. The molecule has 1 aromatic heterocycles. The highest BCUT2D eigenvalue weighted by Crippen LogP contribution is 2.38. The predicted molar refractivity (Wildman–Crippen MR) is 124 cm³/mol. The first-order valence-electron chi connectivity index (χ1n) is 11.7. The Morgan fingerprint density at radius 3 is 2.44 bits per heavy atom. The normalized spacial score (nSPS) is 16.1. The zero-order chi connectivity index (χ0) is 23.1. The number of rotatable bonds is 12. The SMILES string of the molecule is COc1cc(C(O)C(CCC2CCCC2)Cn2ccc(CCC(=O)O)c2)cc(OC)c1C. The molecule has 6 nitrogen and oxygen atoms in total. The molecule has 1 fully saturated rings. The number of aromatic nitrogens is 1. The average molecular weight is 444 g/mol. The molecule has 32 heavy (non-hydrogen) atoms. The van der Waals surface area contributed by atoms with Crippen LogP contribution in [0.3, 0.4) is 0 Å². The highest BCUT2D eigenvalue weighted by atomic mass is 16.5. The molecule has 2 N–H and O–H groups in total. The Labute approximate surface area is 191 Å². The maximum Gasteiger partial charge on any atom is 0.303 e. The highest BCUT2D eigenvalue weighted by molar-refractivity contribution is 5.67. The van der Waals surface area contributed by atoms with Gasteiger partial charge in [0.25, 0.3) is 0 Å². The van der Waals surface area contributed by atoms with Crippen molar-refractivity contribution in [3.8, 4) is 11.5 Å². The average Bonchev–Trinajstić information content (AvgIpc) is 3.47. The van der Waals surface area contributed by atoms with Crippen LogP contribution in [0.5, 0.6) is 11.5 Å². The Kier molecular flexibility index (Phi) is 8.62. The van der Waals surface area contributed by atoms with Crippen molar-refractivity contribution in [1.29, 1.82) is 0 Å². The number of aliphatic hydroxyl groups is 1. The van der Waals surface area contributed by atoms with Crippen LogP contribution in [0.4, 0.5) is 0 Å². The fraction of sp³-hybridized carbons (Fsp3) is 0.577. The minimum Gasteiger partial charge on any atom is -0.496 e. The van der Waals surface area contributed by atoms with E-state index in [-0.39, 0.29) is 12.3 Å². The maximum absolute atomic E-state index is 11.4. The minimum atomic E-state index is -0.787. The molecule has 6 heteroatoms. The number of aryl methyl sites for hydroxylation is 1. The van der Waals surface area contributed by atoms with Gasteiger partial charge in [0.05, 0.1) is 20.3 Å². The summed E-state index contributed by atoms with van der Waals surface area (Å²) >= 11 is 0. The number of aliphatic hydroxyl groups excluding tert-OH is 1. The third-order valence-electron chi connectivity index (χ3n) is 6.87. The van der Waals surface area contributed by atoms with Crippen LogP contribution in [0, 0.1) is 18.8 Å². The second-order valence-corrected chi connectivity index (χ2v) is 9.09. The second-order valence-electron chi connectivity index (χ2n) is 9.09. The monoisotopic (exact) mass is 443 g/mol. The number of hydrogen-bond acceptors (Lipinski definition) is 4. The van der Waals surface area contributed by atoms with Gasteiger partial charge in [0, 0.05) is 36.8 Å². The van der Waals surface area contributed by atoms with E-state index < -0.39 is 12.1 Å². The summed E-state index contributed by atoms with van der Waals surface area (Å²) in [6.45, 7) is 2.63. The zero-order valence-corrected chi connectivity index (χ0v) is 19.5. The van der Waals surface area contributed by atoms with Gasteiger partial charge in [-0.1, -0.05) is 32.1 Å². The van der Waals surface area contributed by atoms with Gasteiger partial charge < -0.3 is 24.3 Å². The van der Waals surface area contributed by atoms with Crippen molar-refractivity contribution in [2.45, 2.75) is 70.9 Å². The molecule has 1 heterocycles. The molecule has 0 amide bonds. The van der Waals surface area contributed by atoms with E-state index in [1.54, 1.807) is 14.2 Å². The molecule has 2 atom stereocenters. The van der Waals surface area contributed by atoms with E-state index in [0.29, 0.717) is 24.5 Å². The highest BCUT2D eigenvalue weighted by Gasteiger charge is 2.26. The van der Waals surface area contributed by atoms with Crippen LogP contribution in [0.2, 0.25) is 0 Å². The number of nitrogens with zero attached hydrogens (tertiary/aromatic N) is 1. The summed E-state index contributed by atoms with van der Waals surface area (Å²) in [5.74, 6) is 1.43. The van der Waals surface area contributed by atoms with Gasteiger partial charge in [0.1, 0.15) is 11.5 Å². The molecule has 1 saturated carbocycles. The van der Waals surface area contributed by atoms with Gasteiger partial charge in [-0.05, 0) is 55.0 Å². The van der Waals surface area contributed by atoms with E-state index in [1.165, 1.54) is 25.7 Å². The lowest BCUT2D eigenvalue weighted by Gasteiger charge is -2.26. The van der Waals surface area contributed by atoms with Crippen LogP contribution in [-0.4, -0.2) is 35.0 Å². The summed E-state index contributed by atoms with van der Waals surface area (Å²) in [4.78, 5) is 10.9. The molecule has 1 aliphatic carbocycles. The Balaban J connectivity index is 1.79. The molecule has 0 aliphatic heterocycles. The summed E-state index contributed by atoms with van der Waals surface area (Å²) in [5.41, 5.74) is 2.73. The first-order chi connectivity index (χ1) is 15.4. The maximum atomic E-state index is 11.4. The van der Waals surface area contributed by atoms with Crippen molar-refractivity contribution in [3.05, 3.63) is 47.3 Å². The van der Waals surface area contributed by atoms with Crippen LogP contribution in [0.25, 0.3) is 0 Å². The predicted octanol–water partition coefficient (Wildman–Crippen LogP) is 5.15. The molecule has 0 saturated heterocycles. The summed E-state index contributed by atoms with van der Waals surface area (Å²) < 4.78 is 13.1. The second kappa shape index (κ2) is 11.4. The third-order valence-corrected chi connectivity index (χ3v) is 6.87. The van der Waals surface area contributed by atoms with E-state index in [1.807, 2.05) is 37.5 Å². The lowest BCUT2D eigenvalue weighted by molar-refractivity contribution is -0.136. The molecular weight excluding hydrogens is 406 g/mol. The van der Waals surface area contributed by atoms with Crippen molar-refractivity contribution in [3.63, 3.8) is 0 Å². The van der Waals surface area contributed by atoms with Crippen molar-refractivity contribution in [2.75, 3.05) is 14.2 Å². The zero-order valence-electron chi connectivity index (χ0n) is 19.5. The van der Waals surface area contributed by atoms with E-state index in [2.05, 4.69) is 4.57 Å². The molecule has 1 aliphatic rings. The van der Waals surface area contributed by atoms with Crippen LogP contribution < -0.4 is 9.47 Å². The summed E-state index contributed by atoms with van der Waals surface area (Å²) in [7, 11) is 3.27. The van der Waals surface area contributed by atoms with Gasteiger partial charge in [0.2, 0.25) is 0 Å². The Bertz CT molecular complexity index is 859. The van der Waals surface area contributed by atoms with Crippen LogP contribution in [-0.2, 0) is 17.8 Å². The molecule has 0 radical (unpaired) electrons. The first-order valence-corrected chi connectivity index (χ1v) is 11.7. The van der Waals surface area contributed by atoms with Crippen molar-refractivity contribution in [1.82, 2.24) is 4.57 Å². The number of hydrogen-bond donors (Lipinski definition) is 2. The van der Waals surface area contributed by atoms with E-state index in [4.69, 9.17) is 14.6 Å². The number of carboxylic acid groups (broad SMARTS) is 1. The van der Waals surface area contributed by atoms with E-state index >= 15 is 0 Å². The Morgan fingerprint density at radius 1 is 1.19 bits per heavy atom. The molecule has 0 bridgehead atoms. The number of ether oxygens (including phenoxy) is 2. The standard InChI is InChI=1S/C26H37NO5/c1-18-23(31-2)14-22(15-24(18)32-3)26(30)21(10-8-19-6-4-5-7-19)17-27-13-12-20(16-27)9-11-25(28)29/h12-16,19,21,26,30H,4-11,17H2,1-3H3,(H,28,29). The molecule has 1 aromatic carbocycles. The first kappa shape index (κ1) is 24.2. The molecule has 0 spiro atoms. The number of aliphatic carboxylic acids is 1. The van der Waals surface area contributed by atoms with Crippen molar-refractivity contribution in [2.24, 2.45) is 11.8 Å². The topological polar surface area (TPSA) is 80.9 Å². The molecule has 3 rings (SSSR count). The van der Waals surface area contributed by atoms with E-state index in [9.17, 15) is 9.90 Å². The lowest BCUT2D eigenvalue weighted by atomic mass is 9.87. The smallest absolute Gasteiger partial charge is 0.303 e. The van der Waals surface area contributed by atoms with Crippen molar-refractivity contribution < 1.29 is 24.5 Å². The Hall–Kier alpha value is -2.47. The molecule has 2 aromatic rings.